The van der Waals surface area contributed by atoms with E-state index >= 15 is 0 Å². The topological polar surface area (TPSA) is 104 Å². The lowest BCUT2D eigenvalue weighted by molar-refractivity contribution is 0.0701. The van der Waals surface area contributed by atoms with Crippen LogP contribution < -0.4 is 4.72 Å². The first-order valence-corrected chi connectivity index (χ1v) is 8.04. The van der Waals surface area contributed by atoms with E-state index in [0.29, 0.717) is 5.56 Å². The molecule has 1 aliphatic rings. The van der Waals surface area contributed by atoms with Crippen LogP contribution in [-0.2, 0) is 10.0 Å². The Morgan fingerprint density at radius 3 is 2.58 bits per heavy atom. The minimum absolute atomic E-state index is 0.00357. The van der Waals surface area contributed by atoms with Gasteiger partial charge in [-0.2, -0.15) is 0 Å². The number of aliphatic hydroxyl groups is 1. The van der Waals surface area contributed by atoms with Gasteiger partial charge < -0.3 is 10.2 Å². The Balaban J connectivity index is 2.15. The van der Waals surface area contributed by atoms with Crippen molar-refractivity contribution < 1.29 is 23.4 Å². The summed E-state index contributed by atoms with van der Waals surface area (Å²) in [6, 6.07) is 1.36. The number of rotatable bonds is 6. The van der Waals surface area contributed by atoms with Crippen LogP contribution in [0.4, 0.5) is 0 Å². The van der Waals surface area contributed by atoms with Gasteiger partial charge in [-0.05, 0) is 31.4 Å². The zero-order valence-corrected chi connectivity index (χ0v) is 12.0. The summed E-state index contributed by atoms with van der Waals surface area (Å²) in [5.41, 5.74) is 0.107. The molecule has 0 aromatic carbocycles. The quantitative estimate of drug-likeness (QED) is 0.721. The predicted molar refractivity (Wildman–Crippen MR) is 70.0 cm³/mol. The molecule has 0 saturated heterocycles. The average Bonchev–Trinajstić information content (AvgIpc) is 3.02. The number of sulfonamides is 1. The molecule has 0 aliphatic heterocycles. The van der Waals surface area contributed by atoms with Crippen LogP contribution in [0.1, 0.15) is 28.1 Å². The molecule has 1 fully saturated rings. The van der Waals surface area contributed by atoms with Gasteiger partial charge in [0.05, 0.1) is 0 Å². The maximum absolute atomic E-state index is 12.0. The normalized spacial score (nSPS) is 17.4. The number of thiophene rings is 1. The highest BCUT2D eigenvalue weighted by Gasteiger charge is 2.42. The van der Waals surface area contributed by atoms with Crippen LogP contribution in [0, 0.1) is 12.3 Å². The van der Waals surface area contributed by atoms with E-state index < -0.39 is 16.0 Å². The van der Waals surface area contributed by atoms with Gasteiger partial charge in [0.1, 0.15) is 9.09 Å². The first kappa shape index (κ1) is 14.4. The number of carboxylic acid groups (broad SMARTS) is 1. The average molecular weight is 305 g/mol. The predicted octanol–water partition coefficient (Wildman–Crippen LogP) is 0.806. The summed E-state index contributed by atoms with van der Waals surface area (Å²) >= 11 is 0.741. The van der Waals surface area contributed by atoms with E-state index in [0.717, 1.165) is 24.2 Å². The third kappa shape index (κ3) is 2.97. The second kappa shape index (κ2) is 4.86. The molecule has 6 nitrogen and oxygen atoms in total. The molecule has 1 saturated carbocycles. The summed E-state index contributed by atoms with van der Waals surface area (Å²) in [5.74, 6) is -1.13. The fourth-order valence-corrected chi connectivity index (χ4v) is 4.26. The van der Waals surface area contributed by atoms with E-state index in [1.54, 1.807) is 6.92 Å². The molecule has 2 rings (SSSR count). The number of hydrogen-bond acceptors (Lipinski definition) is 5. The lowest BCUT2D eigenvalue weighted by Crippen LogP contribution is -2.31. The minimum Gasteiger partial charge on any atom is -0.477 e. The zero-order chi connectivity index (χ0) is 14.3. The molecular weight excluding hydrogens is 290 g/mol. The third-order valence-corrected chi connectivity index (χ3v) is 6.38. The Kier molecular flexibility index (Phi) is 3.69. The SMILES string of the molecule is Cc1cc(S(=O)(=O)NCC2(CO)CC2)sc1C(=O)O. The van der Waals surface area contributed by atoms with Gasteiger partial charge in [0.25, 0.3) is 0 Å². The van der Waals surface area contributed by atoms with Crippen LogP contribution in [0.5, 0.6) is 0 Å². The summed E-state index contributed by atoms with van der Waals surface area (Å²) in [6.07, 6.45) is 1.60. The van der Waals surface area contributed by atoms with Crippen molar-refractivity contribution in [2.75, 3.05) is 13.2 Å². The van der Waals surface area contributed by atoms with Crippen LogP contribution in [0.15, 0.2) is 10.3 Å². The van der Waals surface area contributed by atoms with Crippen molar-refractivity contribution in [2.45, 2.75) is 24.0 Å². The Bertz CT molecular complexity index is 601. The third-order valence-electron chi connectivity index (χ3n) is 3.28. The lowest BCUT2D eigenvalue weighted by Gasteiger charge is -2.12. The van der Waals surface area contributed by atoms with Crippen molar-refractivity contribution in [1.82, 2.24) is 4.72 Å². The van der Waals surface area contributed by atoms with E-state index in [4.69, 9.17) is 10.2 Å². The number of nitrogens with one attached hydrogen (secondary N) is 1. The van der Waals surface area contributed by atoms with Crippen LogP contribution in [-0.4, -0.2) is 37.8 Å². The Labute approximate surface area is 115 Å². The molecule has 0 atom stereocenters. The molecule has 3 N–H and O–H groups in total. The molecule has 1 aromatic rings. The van der Waals surface area contributed by atoms with E-state index in [9.17, 15) is 13.2 Å². The van der Waals surface area contributed by atoms with Gasteiger partial charge in [-0.25, -0.2) is 17.9 Å². The largest absolute Gasteiger partial charge is 0.477 e. The number of aliphatic hydroxyl groups excluding tert-OH is 1. The number of aromatic carboxylic acids is 1. The van der Waals surface area contributed by atoms with E-state index in [1.165, 1.54) is 6.07 Å². The Morgan fingerprint density at radius 2 is 2.16 bits per heavy atom. The zero-order valence-electron chi connectivity index (χ0n) is 10.3. The van der Waals surface area contributed by atoms with E-state index in [-0.39, 0.29) is 27.7 Å². The van der Waals surface area contributed by atoms with Crippen molar-refractivity contribution in [2.24, 2.45) is 5.41 Å². The van der Waals surface area contributed by atoms with Crippen molar-refractivity contribution >= 4 is 27.3 Å². The fourth-order valence-electron chi connectivity index (χ4n) is 1.68. The van der Waals surface area contributed by atoms with Crippen LogP contribution in [0.25, 0.3) is 0 Å². The summed E-state index contributed by atoms with van der Waals surface area (Å²) < 4.78 is 26.5. The fraction of sp³-hybridized carbons (Fsp3) is 0.545. The Hall–Kier alpha value is -0.960. The van der Waals surface area contributed by atoms with Crippen molar-refractivity contribution in [1.29, 1.82) is 0 Å². The highest BCUT2D eigenvalue weighted by molar-refractivity contribution is 7.91. The molecule has 0 spiro atoms. The second-order valence-corrected chi connectivity index (χ2v) is 7.91. The minimum atomic E-state index is -3.70. The lowest BCUT2D eigenvalue weighted by atomic mass is 10.1. The van der Waals surface area contributed by atoms with Crippen molar-refractivity contribution in [3.8, 4) is 0 Å². The Morgan fingerprint density at radius 1 is 1.53 bits per heavy atom. The maximum Gasteiger partial charge on any atom is 0.346 e. The smallest absolute Gasteiger partial charge is 0.346 e. The van der Waals surface area contributed by atoms with E-state index in [2.05, 4.69) is 4.72 Å². The van der Waals surface area contributed by atoms with Gasteiger partial charge in [-0.15, -0.1) is 11.3 Å². The molecule has 0 amide bonds. The van der Waals surface area contributed by atoms with Crippen LogP contribution >= 0.6 is 11.3 Å². The summed E-state index contributed by atoms with van der Waals surface area (Å²) in [5, 5.41) is 18.0. The van der Waals surface area contributed by atoms with Gasteiger partial charge in [-0.1, -0.05) is 0 Å². The van der Waals surface area contributed by atoms with Gasteiger partial charge in [0.2, 0.25) is 10.0 Å². The molecule has 8 heteroatoms. The van der Waals surface area contributed by atoms with Gasteiger partial charge in [-0.3, -0.25) is 0 Å². The van der Waals surface area contributed by atoms with Crippen molar-refractivity contribution in [3.63, 3.8) is 0 Å². The molecule has 0 radical (unpaired) electrons. The first-order chi connectivity index (χ1) is 8.80. The van der Waals surface area contributed by atoms with Crippen LogP contribution in [0.3, 0.4) is 0 Å². The number of aryl methyl sites for hydroxylation is 1. The van der Waals surface area contributed by atoms with Gasteiger partial charge in [0.15, 0.2) is 0 Å². The molecule has 1 aliphatic carbocycles. The molecule has 1 heterocycles. The number of hydrogen-bond donors (Lipinski definition) is 3. The summed E-state index contributed by atoms with van der Waals surface area (Å²) in [7, 11) is -3.70. The van der Waals surface area contributed by atoms with Crippen molar-refractivity contribution in [3.05, 3.63) is 16.5 Å². The van der Waals surface area contributed by atoms with Gasteiger partial charge in [0, 0.05) is 18.6 Å². The molecule has 19 heavy (non-hydrogen) atoms. The molecule has 0 unspecified atom stereocenters. The first-order valence-electron chi connectivity index (χ1n) is 5.74. The number of carbonyl (C=O) groups is 1. The monoisotopic (exact) mass is 305 g/mol. The summed E-state index contributed by atoms with van der Waals surface area (Å²) in [6.45, 7) is 1.71. The molecule has 1 aromatic heterocycles. The second-order valence-electron chi connectivity index (χ2n) is 4.87. The highest BCUT2D eigenvalue weighted by atomic mass is 32.2. The molecule has 0 bridgehead atoms. The van der Waals surface area contributed by atoms with Gasteiger partial charge >= 0.3 is 5.97 Å². The standard InChI is InChI=1S/C11H15NO5S2/c1-7-4-8(18-9(7)10(14)15)19(16,17)12-5-11(6-13)2-3-11/h4,12-13H,2-3,5-6H2,1H3,(H,14,15). The maximum atomic E-state index is 12.0. The van der Waals surface area contributed by atoms with Crippen LogP contribution in [0.2, 0.25) is 0 Å². The molecular formula is C11H15NO5S2. The van der Waals surface area contributed by atoms with E-state index in [1.807, 2.05) is 0 Å². The number of carboxylic acids is 1. The highest BCUT2D eigenvalue weighted by Crippen LogP contribution is 2.44. The summed E-state index contributed by atoms with van der Waals surface area (Å²) in [4.78, 5) is 10.9. The molecule has 106 valence electrons.